The maximum atomic E-state index is 11.7. The van der Waals surface area contributed by atoms with Crippen LogP contribution in [0.15, 0.2) is 17.1 Å². The SMILES string of the molecule is Cc1cc(=O)n2nc(Cn3cc(CO)nn3)sc2n1. The molecule has 0 atom stereocenters. The summed E-state index contributed by atoms with van der Waals surface area (Å²) in [4.78, 5) is 16.5. The van der Waals surface area contributed by atoms with Crippen molar-refractivity contribution >= 4 is 16.3 Å². The summed E-state index contributed by atoms with van der Waals surface area (Å²) in [5.41, 5.74) is 0.968. The molecule has 9 heteroatoms. The zero-order valence-electron chi connectivity index (χ0n) is 10.0. The highest BCUT2D eigenvalue weighted by Crippen LogP contribution is 2.12. The third-order valence-corrected chi connectivity index (χ3v) is 3.35. The largest absolute Gasteiger partial charge is 0.390 e. The molecule has 0 aromatic carbocycles. The van der Waals surface area contributed by atoms with Crippen molar-refractivity contribution in [3.05, 3.63) is 39.0 Å². The van der Waals surface area contributed by atoms with Gasteiger partial charge < -0.3 is 5.11 Å². The Kier molecular flexibility index (Phi) is 2.84. The first-order valence-corrected chi connectivity index (χ1v) is 6.33. The summed E-state index contributed by atoms with van der Waals surface area (Å²) < 4.78 is 2.83. The summed E-state index contributed by atoms with van der Waals surface area (Å²) >= 11 is 1.33. The molecule has 98 valence electrons. The number of hydrogen-bond donors (Lipinski definition) is 1. The molecule has 1 N–H and O–H groups in total. The Bertz CT molecular complexity index is 789. The maximum Gasteiger partial charge on any atom is 0.275 e. The lowest BCUT2D eigenvalue weighted by Crippen LogP contribution is -2.14. The van der Waals surface area contributed by atoms with Crippen LogP contribution in [-0.2, 0) is 13.2 Å². The Morgan fingerprint density at radius 1 is 1.47 bits per heavy atom. The molecule has 0 amide bonds. The van der Waals surface area contributed by atoms with E-state index < -0.39 is 0 Å². The minimum atomic E-state index is -0.195. The van der Waals surface area contributed by atoms with Crippen LogP contribution in [0.1, 0.15) is 16.4 Å². The van der Waals surface area contributed by atoms with Gasteiger partial charge in [-0.2, -0.15) is 9.61 Å². The number of aliphatic hydroxyl groups is 1. The highest BCUT2D eigenvalue weighted by Gasteiger charge is 2.09. The van der Waals surface area contributed by atoms with Gasteiger partial charge in [0.05, 0.1) is 19.3 Å². The third kappa shape index (κ3) is 2.25. The van der Waals surface area contributed by atoms with Crippen molar-refractivity contribution in [2.45, 2.75) is 20.1 Å². The molecule has 3 aromatic rings. The van der Waals surface area contributed by atoms with Gasteiger partial charge in [0.1, 0.15) is 10.7 Å². The monoisotopic (exact) mass is 278 g/mol. The molecule has 0 bridgehead atoms. The fourth-order valence-corrected chi connectivity index (χ4v) is 2.59. The van der Waals surface area contributed by atoms with E-state index in [0.717, 1.165) is 0 Å². The van der Waals surface area contributed by atoms with E-state index in [2.05, 4.69) is 20.4 Å². The van der Waals surface area contributed by atoms with Gasteiger partial charge in [-0.25, -0.2) is 9.67 Å². The molecule has 8 nitrogen and oxygen atoms in total. The Balaban J connectivity index is 1.97. The predicted molar refractivity (Wildman–Crippen MR) is 66.9 cm³/mol. The number of aryl methyl sites for hydroxylation is 1. The molecular weight excluding hydrogens is 268 g/mol. The van der Waals surface area contributed by atoms with Crippen LogP contribution in [-0.4, -0.2) is 34.7 Å². The van der Waals surface area contributed by atoms with E-state index in [9.17, 15) is 4.79 Å². The van der Waals surface area contributed by atoms with Crippen LogP contribution >= 0.6 is 11.3 Å². The number of fused-ring (bicyclic) bond motifs is 1. The lowest BCUT2D eigenvalue weighted by molar-refractivity contribution is 0.276. The molecule has 0 unspecified atom stereocenters. The van der Waals surface area contributed by atoms with Gasteiger partial charge in [0.25, 0.3) is 5.56 Å². The second-order valence-corrected chi connectivity index (χ2v) is 5.03. The molecule has 0 aliphatic rings. The smallest absolute Gasteiger partial charge is 0.275 e. The van der Waals surface area contributed by atoms with Crippen molar-refractivity contribution in [3.8, 4) is 0 Å². The molecule has 0 aliphatic carbocycles. The molecule has 0 saturated heterocycles. The van der Waals surface area contributed by atoms with E-state index in [1.165, 1.54) is 21.9 Å². The van der Waals surface area contributed by atoms with E-state index in [1.807, 2.05) is 0 Å². The maximum absolute atomic E-state index is 11.7. The van der Waals surface area contributed by atoms with Gasteiger partial charge in [0.2, 0.25) is 4.96 Å². The Hall–Kier alpha value is -2.13. The summed E-state index contributed by atoms with van der Waals surface area (Å²) in [7, 11) is 0. The number of rotatable bonds is 3. The molecule has 0 spiro atoms. The second kappa shape index (κ2) is 4.52. The summed E-state index contributed by atoms with van der Waals surface area (Å²) in [6, 6.07) is 1.44. The molecular formula is C10H10N6O2S. The minimum absolute atomic E-state index is 0.153. The molecule has 3 heterocycles. The third-order valence-electron chi connectivity index (χ3n) is 2.46. The van der Waals surface area contributed by atoms with Gasteiger partial charge in [-0.1, -0.05) is 16.6 Å². The predicted octanol–water partition coefficient (Wildman–Crippen LogP) is -0.408. The molecule has 3 rings (SSSR count). The summed E-state index contributed by atoms with van der Waals surface area (Å²) in [6.07, 6.45) is 1.63. The second-order valence-electron chi connectivity index (χ2n) is 3.99. The van der Waals surface area contributed by atoms with Gasteiger partial charge in [-0.05, 0) is 6.92 Å². The van der Waals surface area contributed by atoms with Crippen LogP contribution in [0.25, 0.3) is 4.96 Å². The fourth-order valence-electron chi connectivity index (χ4n) is 1.65. The zero-order chi connectivity index (χ0) is 13.4. The van der Waals surface area contributed by atoms with Crippen molar-refractivity contribution < 1.29 is 5.11 Å². The lowest BCUT2D eigenvalue weighted by Gasteiger charge is -1.92. The average molecular weight is 278 g/mol. The first kappa shape index (κ1) is 11.9. The molecule has 0 aliphatic heterocycles. The first-order chi connectivity index (χ1) is 9.15. The summed E-state index contributed by atoms with van der Waals surface area (Å²) in [5, 5.41) is 21.4. The van der Waals surface area contributed by atoms with Crippen LogP contribution in [0.4, 0.5) is 0 Å². The molecule has 0 radical (unpaired) electrons. The zero-order valence-corrected chi connectivity index (χ0v) is 10.8. The molecule has 19 heavy (non-hydrogen) atoms. The van der Waals surface area contributed by atoms with E-state index in [0.29, 0.717) is 27.9 Å². The molecule has 0 fully saturated rings. The first-order valence-electron chi connectivity index (χ1n) is 5.52. The topological polar surface area (TPSA) is 98.2 Å². The van der Waals surface area contributed by atoms with Crippen molar-refractivity contribution in [1.82, 2.24) is 29.6 Å². The number of nitrogens with zero attached hydrogens (tertiary/aromatic N) is 6. The lowest BCUT2D eigenvalue weighted by atomic mass is 10.5. The quantitative estimate of drug-likeness (QED) is 0.699. The van der Waals surface area contributed by atoms with E-state index in [-0.39, 0.29) is 12.2 Å². The van der Waals surface area contributed by atoms with Crippen LogP contribution in [0.3, 0.4) is 0 Å². The van der Waals surface area contributed by atoms with Gasteiger partial charge in [-0.15, -0.1) is 5.10 Å². The van der Waals surface area contributed by atoms with Gasteiger partial charge in [-0.3, -0.25) is 4.79 Å². The Morgan fingerprint density at radius 2 is 2.32 bits per heavy atom. The van der Waals surface area contributed by atoms with Crippen LogP contribution < -0.4 is 5.56 Å². The molecule has 3 aromatic heterocycles. The van der Waals surface area contributed by atoms with Crippen LogP contribution in [0.2, 0.25) is 0 Å². The Labute approximate surface area is 111 Å². The number of aliphatic hydroxyl groups excluding tert-OH is 1. The van der Waals surface area contributed by atoms with Gasteiger partial charge >= 0.3 is 0 Å². The van der Waals surface area contributed by atoms with Crippen LogP contribution in [0, 0.1) is 6.92 Å². The summed E-state index contributed by atoms with van der Waals surface area (Å²) in [5.74, 6) is 0. The average Bonchev–Trinajstić information content (AvgIpc) is 2.96. The van der Waals surface area contributed by atoms with Crippen molar-refractivity contribution in [2.24, 2.45) is 0 Å². The van der Waals surface area contributed by atoms with Crippen molar-refractivity contribution in [2.75, 3.05) is 0 Å². The fraction of sp³-hybridized carbons (Fsp3) is 0.300. The Morgan fingerprint density at radius 3 is 3.05 bits per heavy atom. The number of hydrogen-bond acceptors (Lipinski definition) is 7. The van der Waals surface area contributed by atoms with Gasteiger partial charge in [0, 0.05) is 11.8 Å². The highest BCUT2D eigenvalue weighted by atomic mass is 32.1. The van der Waals surface area contributed by atoms with E-state index in [1.54, 1.807) is 17.8 Å². The normalized spacial score (nSPS) is 11.3. The summed E-state index contributed by atoms with van der Waals surface area (Å²) in [6.45, 7) is 2.01. The van der Waals surface area contributed by atoms with Crippen molar-refractivity contribution in [3.63, 3.8) is 0 Å². The van der Waals surface area contributed by atoms with Crippen molar-refractivity contribution in [1.29, 1.82) is 0 Å². The number of aromatic nitrogens is 6. The minimum Gasteiger partial charge on any atom is -0.390 e. The van der Waals surface area contributed by atoms with Gasteiger partial charge in [0.15, 0.2) is 0 Å². The standard InChI is InChI=1S/C10H10N6O2S/c1-6-2-9(18)16-10(11-6)19-8(13-16)4-15-3-7(5-17)12-14-15/h2-3,17H,4-5H2,1H3. The van der Waals surface area contributed by atoms with E-state index >= 15 is 0 Å². The highest BCUT2D eigenvalue weighted by molar-refractivity contribution is 7.16. The molecule has 0 saturated carbocycles. The van der Waals surface area contributed by atoms with E-state index in [4.69, 9.17) is 5.11 Å². The van der Waals surface area contributed by atoms with Crippen LogP contribution in [0.5, 0.6) is 0 Å².